The zero-order chi connectivity index (χ0) is 20.6. The minimum Gasteiger partial charge on any atom is -0.336 e. The Morgan fingerprint density at radius 2 is 1.97 bits per heavy atom. The molecule has 0 radical (unpaired) electrons. The highest BCUT2D eigenvalue weighted by Gasteiger charge is 2.53. The van der Waals surface area contributed by atoms with Gasteiger partial charge in [0.05, 0.1) is 18.7 Å². The fourth-order valence-electron chi connectivity index (χ4n) is 3.95. The van der Waals surface area contributed by atoms with E-state index >= 15 is 0 Å². The van der Waals surface area contributed by atoms with E-state index in [2.05, 4.69) is 5.32 Å². The molecule has 2 aliphatic heterocycles. The van der Waals surface area contributed by atoms with Gasteiger partial charge in [0, 0.05) is 11.6 Å². The van der Waals surface area contributed by atoms with Gasteiger partial charge in [-0.15, -0.1) is 0 Å². The Morgan fingerprint density at radius 1 is 1.17 bits per heavy atom. The zero-order valence-electron chi connectivity index (χ0n) is 15.5. The van der Waals surface area contributed by atoms with Gasteiger partial charge >= 0.3 is 6.03 Å². The highest BCUT2D eigenvalue weighted by Crippen LogP contribution is 2.30. The van der Waals surface area contributed by atoms with Crippen LogP contribution in [-0.4, -0.2) is 46.3 Å². The SMILES string of the molecule is O=C(c1ccccc1F)N1CCC[C@]2(C1)NC(=O)N(Cc1cccc(Cl)c1)C2=O. The van der Waals surface area contributed by atoms with Crippen LogP contribution >= 0.6 is 11.6 Å². The number of hydrogen-bond acceptors (Lipinski definition) is 3. The quantitative estimate of drug-likeness (QED) is 0.782. The van der Waals surface area contributed by atoms with Crippen molar-refractivity contribution in [2.75, 3.05) is 13.1 Å². The standard InChI is InChI=1S/C21H19ClFN3O3/c22-15-6-3-5-14(11-15)12-26-19(28)21(24-20(26)29)9-4-10-25(13-21)18(27)16-7-1-2-8-17(16)23/h1-3,5-8,11H,4,9-10,12-13H2,(H,24,29)/t21-/m1/s1. The average Bonchev–Trinajstić information content (AvgIpc) is 2.92. The average molecular weight is 416 g/mol. The first-order valence-corrected chi connectivity index (χ1v) is 9.70. The number of carbonyl (C=O) groups is 3. The summed E-state index contributed by atoms with van der Waals surface area (Å²) in [5, 5.41) is 3.29. The highest BCUT2D eigenvalue weighted by molar-refractivity contribution is 6.30. The summed E-state index contributed by atoms with van der Waals surface area (Å²) in [6, 6.07) is 12.2. The zero-order valence-corrected chi connectivity index (χ0v) is 16.3. The fourth-order valence-corrected chi connectivity index (χ4v) is 4.16. The van der Waals surface area contributed by atoms with Crippen LogP contribution in [0.4, 0.5) is 9.18 Å². The molecule has 8 heteroatoms. The fraction of sp³-hybridized carbons (Fsp3) is 0.286. The molecule has 1 atom stereocenters. The van der Waals surface area contributed by atoms with Gasteiger partial charge in [-0.1, -0.05) is 35.9 Å². The lowest BCUT2D eigenvalue weighted by Crippen LogP contribution is -2.59. The number of likely N-dealkylation sites (tertiary alicyclic amines) is 1. The predicted octanol–water partition coefficient (Wildman–Crippen LogP) is 3.21. The highest BCUT2D eigenvalue weighted by atomic mass is 35.5. The number of halogens is 2. The maximum Gasteiger partial charge on any atom is 0.325 e. The maximum atomic E-state index is 14.0. The van der Waals surface area contributed by atoms with Crippen molar-refractivity contribution in [2.24, 2.45) is 0 Å². The molecular formula is C21H19ClFN3O3. The number of nitrogens with one attached hydrogen (secondary N) is 1. The van der Waals surface area contributed by atoms with Crippen LogP contribution in [0.1, 0.15) is 28.8 Å². The molecule has 2 saturated heterocycles. The van der Waals surface area contributed by atoms with E-state index in [1.54, 1.807) is 30.3 Å². The molecule has 0 bridgehead atoms. The van der Waals surface area contributed by atoms with E-state index in [9.17, 15) is 18.8 Å². The number of carbonyl (C=O) groups excluding carboxylic acids is 3. The minimum absolute atomic E-state index is 0.0107. The number of benzene rings is 2. The lowest BCUT2D eigenvalue weighted by atomic mass is 9.88. The molecule has 4 rings (SSSR count). The van der Waals surface area contributed by atoms with E-state index in [1.807, 2.05) is 0 Å². The summed E-state index contributed by atoms with van der Waals surface area (Å²) in [6.45, 7) is 0.497. The molecule has 0 unspecified atom stereocenters. The number of rotatable bonds is 3. The monoisotopic (exact) mass is 415 g/mol. The lowest BCUT2D eigenvalue weighted by Gasteiger charge is -2.38. The molecule has 4 amide bonds. The molecule has 1 N–H and O–H groups in total. The van der Waals surface area contributed by atoms with Gasteiger partial charge in [0.1, 0.15) is 11.4 Å². The van der Waals surface area contributed by atoms with Gasteiger partial charge in [-0.25, -0.2) is 9.18 Å². The summed E-state index contributed by atoms with van der Waals surface area (Å²) in [7, 11) is 0. The second-order valence-electron chi connectivity index (χ2n) is 7.34. The van der Waals surface area contributed by atoms with Gasteiger partial charge < -0.3 is 10.2 Å². The summed E-state index contributed by atoms with van der Waals surface area (Å²) >= 11 is 5.99. The Hall–Kier alpha value is -2.93. The molecule has 6 nitrogen and oxygen atoms in total. The number of hydrogen-bond donors (Lipinski definition) is 1. The second kappa shape index (κ2) is 7.48. The van der Waals surface area contributed by atoms with E-state index in [4.69, 9.17) is 11.6 Å². The van der Waals surface area contributed by atoms with Crippen molar-refractivity contribution in [3.8, 4) is 0 Å². The van der Waals surface area contributed by atoms with Crippen molar-refractivity contribution in [1.29, 1.82) is 0 Å². The van der Waals surface area contributed by atoms with Gasteiger partial charge in [0.25, 0.3) is 11.8 Å². The Bertz CT molecular complexity index is 999. The van der Waals surface area contributed by atoms with Crippen LogP contribution in [-0.2, 0) is 11.3 Å². The predicted molar refractivity (Wildman–Crippen MR) is 105 cm³/mol. The Labute approximate surface area is 172 Å². The summed E-state index contributed by atoms with van der Waals surface area (Å²) in [4.78, 5) is 41.1. The molecule has 0 saturated carbocycles. The molecule has 2 heterocycles. The Morgan fingerprint density at radius 3 is 2.72 bits per heavy atom. The molecule has 2 aliphatic rings. The normalized spacial score (nSPS) is 21.6. The first-order valence-electron chi connectivity index (χ1n) is 9.32. The molecule has 150 valence electrons. The van der Waals surface area contributed by atoms with Crippen LogP contribution in [0.5, 0.6) is 0 Å². The van der Waals surface area contributed by atoms with Crippen molar-refractivity contribution in [3.63, 3.8) is 0 Å². The van der Waals surface area contributed by atoms with Crippen LogP contribution in [0, 0.1) is 5.82 Å². The van der Waals surface area contributed by atoms with Crippen molar-refractivity contribution in [3.05, 3.63) is 70.5 Å². The molecular weight excluding hydrogens is 397 g/mol. The van der Waals surface area contributed by atoms with Gasteiger partial charge in [0.15, 0.2) is 0 Å². The largest absolute Gasteiger partial charge is 0.336 e. The van der Waals surface area contributed by atoms with Crippen LogP contribution in [0.15, 0.2) is 48.5 Å². The number of imide groups is 1. The molecule has 29 heavy (non-hydrogen) atoms. The summed E-state index contributed by atoms with van der Waals surface area (Å²) in [5.74, 6) is -1.48. The van der Waals surface area contributed by atoms with Crippen LogP contribution in [0.2, 0.25) is 5.02 Å². The van der Waals surface area contributed by atoms with Crippen molar-refractivity contribution in [2.45, 2.75) is 24.9 Å². The van der Waals surface area contributed by atoms with E-state index in [-0.39, 0.29) is 24.6 Å². The first-order chi connectivity index (χ1) is 13.9. The van der Waals surface area contributed by atoms with Crippen molar-refractivity contribution < 1.29 is 18.8 Å². The summed E-state index contributed by atoms with van der Waals surface area (Å²) in [6.07, 6.45) is 0.946. The minimum atomic E-state index is -1.19. The van der Waals surface area contributed by atoms with E-state index in [0.717, 1.165) is 10.5 Å². The van der Waals surface area contributed by atoms with Gasteiger partial charge in [0.2, 0.25) is 0 Å². The maximum absolute atomic E-state index is 14.0. The third kappa shape index (κ3) is 3.58. The number of urea groups is 1. The van der Waals surface area contributed by atoms with Gasteiger partial charge in [-0.05, 0) is 42.7 Å². The smallest absolute Gasteiger partial charge is 0.325 e. The molecule has 0 aliphatic carbocycles. The van der Waals surface area contributed by atoms with Crippen LogP contribution in [0.25, 0.3) is 0 Å². The first kappa shape index (κ1) is 19.4. The number of amides is 4. The lowest BCUT2D eigenvalue weighted by molar-refractivity contribution is -0.133. The third-order valence-electron chi connectivity index (χ3n) is 5.36. The van der Waals surface area contributed by atoms with Crippen molar-refractivity contribution >= 4 is 29.4 Å². The third-order valence-corrected chi connectivity index (χ3v) is 5.59. The molecule has 2 fully saturated rings. The van der Waals surface area contributed by atoms with Gasteiger partial charge in [-0.2, -0.15) is 0 Å². The topological polar surface area (TPSA) is 69.7 Å². The van der Waals surface area contributed by atoms with E-state index in [1.165, 1.54) is 23.1 Å². The summed E-state index contributed by atoms with van der Waals surface area (Å²) < 4.78 is 14.0. The molecule has 2 aromatic rings. The Kier molecular flexibility index (Phi) is 5.00. The number of piperidine rings is 1. The second-order valence-corrected chi connectivity index (χ2v) is 7.78. The van der Waals surface area contributed by atoms with Gasteiger partial charge in [-0.3, -0.25) is 14.5 Å². The van der Waals surface area contributed by atoms with E-state index in [0.29, 0.717) is 24.4 Å². The number of nitrogens with zero attached hydrogens (tertiary/aromatic N) is 2. The van der Waals surface area contributed by atoms with E-state index < -0.39 is 23.3 Å². The summed E-state index contributed by atoms with van der Waals surface area (Å²) in [5.41, 5.74) is -0.500. The van der Waals surface area contributed by atoms with Crippen LogP contribution in [0.3, 0.4) is 0 Å². The Balaban J connectivity index is 1.55. The molecule has 0 aromatic heterocycles. The van der Waals surface area contributed by atoms with Crippen molar-refractivity contribution in [1.82, 2.24) is 15.1 Å². The molecule has 2 aromatic carbocycles. The van der Waals surface area contributed by atoms with Crippen LogP contribution < -0.4 is 5.32 Å². The molecule has 1 spiro atoms.